The van der Waals surface area contributed by atoms with Gasteiger partial charge in [0.2, 0.25) is 5.91 Å². The molecule has 0 unspecified atom stereocenters. The summed E-state index contributed by atoms with van der Waals surface area (Å²) in [6.07, 6.45) is 3.11. The number of aliphatic carboxylic acids is 1. The van der Waals surface area contributed by atoms with E-state index in [9.17, 15) is 18.4 Å². The number of ether oxygens (including phenoxy) is 1. The highest BCUT2D eigenvalue weighted by Crippen LogP contribution is 2.25. The largest absolute Gasteiger partial charge is 0.480 e. The van der Waals surface area contributed by atoms with E-state index in [1.165, 1.54) is 18.2 Å². The van der Waals surface area contributed by atoms with Crippen molar-refractivity contribution in [3.05, 3.63) is 70.8 Å². The first kappa shape index (κ1) is 35.3. The van der Waals surface area contributed by atoms with E-state index in [1.54, 1.807) is 19.1 Å². The minimum Gasteiger partial charge on any atom is -0.480 e. The minimum atomic E-state index is -0.798. The highest BCUT2D eigenvalue weighted by Gasteiger charge is 2.35. The molecule has 1 atom stereocenters. The first-order valence-electron chi connectivity index (χ1n) is 15.1. The summed E-state index contributed by atoms with van der Waals surface area (Å²) in [4.78, 5) is 29.7. The van der Waals surface area contributed by atoms with Crippen molar-refractivity contribution in [2.75, 3.05) is 59.0 Å². The normalized spacial score (nSPS) is 19.4. The van der Waals surface area contributed by atoms with Crippen LogP contribution < -0.4 is 0 Å². The number of halogens is 2. The molecule has 0 radical (unpaired) electrons. The topological polar surface area (TPSA) is 73.3 Å². The van der Waals surface area contributed by atoms with Gasteiger partial charge in [-0.25, -0.2) is 8.78 Å². The summed E-state index contributed by atoms with van der Waals surface area (Å²) < 4.78 is 30.2. The molecule has 5 rings (SSSR count). The Balaban J connectivity index is 0.000000265. The van der Waals surface area contributed by atoms with Crippen LogP contribution in [-0.4, -0.2) is 96.8 Å². The van der Waals surface area contributed by atoms with Crippen molar-refractivity contribution in [2.24, 2.45) is 5.92 Å². The van der Waals surface area contributed by atoms with Crippen LogP contribution in [0.1, 0.15) is 49.8 Å². The predicted octanol–water partition coefficient (Wildman–Crippen LogP) is 5.32. The van der Waals surface area contributed by atoms with Gasteiger partial charge in [-0.15, -0.1) is 0 Å². The number of carboxylic acids is 1. The third kappa shape index (κ3) is 11.8. The van der Waals surface area contributed by atoms with Crippen molar-refractivity contribution in [3.8, 4) is 0 Å². The lowest BCUT2D eigenvalue weighted by Gasteiger charge is -2.35. The molecule has 7 nitrogen and oxygen atoms in total. The van der Waals surface area contributed by atoms with E-state index in [2.05, 4.69) is 4.90 Å². The Hall–Kier alpha value is -2.88. The molecule has 2 aromatic rings. The minimum absolute atomic E-state index is 0.0724. The van der Waals surface area contributed by atoms with Gasteiger partial charge in [-0.3, -0.25) is 19.4 Å². The monoisotopic (exact) mass is 589 g/mol. The fourth-order valence-corrected chi connectivity index (χ4v) is 5.27. The van der Waals surface area contributed by atoms with Crippen molar-refractivity contribution in [1.29, 1.82) is 0 Å². The molecule has 1 N–H and O–H groups in total. The molecule has 3 aliphatic rings. The molecule has 0 bridgehead atoms. The zero-order valence-corrected chi connectivity index (χ0v) is 26.0. The van der Waals surface area contributed by atoms with Gasteiger partial charge in [0.25, 0.3) is 0 Å². The second-order valence-corrected chi connectivity index (χ2v) is 10.8. The van der Waals surface area contributed by atoms with Gasteiger partial charge in [-0.2, -0.15) is 0 Å². The number of carboxylic acid groups (broad SMARTS) is 1. The molecular formula is C33H49F2N3O4. The molecule has 9 heteroatoms. The van der Waals surface area contributed by atoms with Gasteiger partial charge in [-0.05, 0) is 81.5 Å². The van der Waals surface area contributed by atoms with Gasteiger partial charge >= 0.3 is 5.97 Å². The van der Waals surface area contributed by atoms with E-state index in [0.29, 0.717) is 32.2 Å². The summed E-state index contributed by atoms with van der Waals surface area (Å²) in [6.45, 7) is 15.8. The fraction of sp³-hybridized carbons (Fsp3) is 0.576. The molecule has 0 spiro atoms. The number of amides is 1. The average molecular weight is 590 g/mol. The quantitative estimate of drug-likeness (QED) is 0.521. The SMILES string of the molecule is CC.Cc1cccc(F)c1.Cc1cccc(F)c1C.O=C(O)CN1CCN(C(=O)[C@H]2CCN(C3CCOCC3)C2)CC1. The van der Waals surface area contributed by atoms with Gasteiger partial charge < -0.3 is 14.7 Å². The van der Waals surface area contributed by atoms with Crippen LogP contribution in [0, 0.1) is 38.3 Å². The standard InChI is InChI=1S/C16H27N3O4.C8H9F.C7H7F.C2H6/c20-15(21)12-17-5-7-18(8-6-17)16(22)13-1-4-19(11-13)14-2-9-23-10-3-14;1-6-4-3-5-8(9)7(6)2;1-6-3-2-4-7(8)5-6;1-2/h13-14H,1-12H2,(H,20,21);3-5H,1-2H3;2-5H,1H3;1-2H3/t13-;;;/m0.../s1. The van der Waals surface area contributed by atoms with E-state index in [0.717, 1.165) is 62.3 Å². The number of likely N-dealkylation sites (tertiary alicyclic amines) is 1. The second-order valence-electron chi connectivity index (χ2n) is 10.8. The number of nitrogens with zero attached hydrogens (tertiary/aromatic N) is 3. The highest BCUT2D eigenvalue weighted by molar-refractivity contribution is 5.79. The second kappa shape index (κ2) is 18.6. The zero-order chi connectivity index (χ0) is 31.1. The van der Waals surface area contributed by atoms with Crippen LogP contribution in [0.15, 0.2) is 42.5 Å². The lowest BCUT2D eigenvalue weighted by molar-refractivity contribution is -0.140. The lowest BCUT2D eigenvalue weighted by Crippen LogP contribution is -2.51. The molecule has 3 heterocycles. The molecule has 3 fully saturated rings. The fourth-order valence-electron chi connectivity index (χ4n) is 5.27. The average Bonchev–Trinajstić information content (AvgIpc) is 3.48. The van der Waals surface area contributed by atoms with Gasteiger partial charge in [0, 0.05) is 52.0 Å². The van der Waals surface area contributed by atoms with Gasteiger partial charge in [0.05, 0.1) is 12.5 Å². The maximum absolute atomic E-state index is 12.7. The first-order chi connectivity index (χ1) is 20.1. The Morgan fingerprint density at radius 1 is 0.905 bits per heavy atom. The van der Waals surface area contributed by atoms with Crippen LogP contribution in [0.2, 0.25) is 0 Å². The van der Waals surface area contributed by atoms with E-state index in [4.69, 9.17) is 9.84 Å². The summed E-state index contributed by atoms with van der Waals surface area (Å²) in [5.74, 6) is -0.703. The van der Waals surface area contributed by atoms with Crippen molar-refractivity contribution in [3.63, 3.8) is 0 Å². The van der Waals surface area contributed by atoms with Crippen molar-refractivity contribution in [1.82, 2.24) is 14.7 Å². The molecule has 3 saturated heterocycles. The van der Waals surface area contributed by atoms with E-state index < -0.39 is 5.97 Å². The highest BCUT2D eigenvalue weighted by atomic mass is 19.1. The number of aryl methyl sites for hydroxylation is 2. The Morgan fingerprint density at radius 2 is 1.55 bits per heavy atom. The van der Waals surface area contributed by atoms with Gasteiger partial charge in [0.1, 0.15) is 11.6 Å². The third-order valence-electron chi connectivity index (χ3n) is 7.84. The summed E-state index contributed by atoms with van der Waals surface area (Å²) in [5.41, 5.74) is 2.72. The molecule has 42 heavy (non-hydrogen) atoms. The smallest absolute Gasteiger partial charge is 0.317 e. The summed E-state index contributed by atoms with van der Waals surface area (Å²) in [6, 6.07) is 12.2. The molecule has 0 saturated carbocycles. The first-order valence-corrected chi connectivity index (χ1v) is 15.1. The van der Waals surface area contributed by atoms with E-state index >= 15 is 0 Å². The number of rotatable bonds is 4. The summed E-state index contributed by atoms with van der Waals surface area (Å²) in [5, 5.41) is 8.83. The Bertz CT molecular complexity index is 1060. The van der Waals surface area contributed by atoms with Crippen LogP contribution in [0.3, 0.4) is 0 Å². The van der Waals surface area contributed by atoms with Crippen LogP contribution in [-0.2, 0) is 14.3 Å². The van der Waals surface area contributed by atoms with Crippen molar-refractivity contribution in [2.45, 2.75) is 59.9 Å². The van der Waals surface area contributed by atoms with Crippen LogP contribution >= 0.6 is 0 Å². The van der Waals surface area contributed by atoms with Gasteiger partial charge in [-0.1, -0.05) is 38.1 Å². The molecule has 2 aromatic carbocycles. The Labute approximate surface area is 250 Å². The van der Waals surface area contributed by atoms with E-state index in [-0.39, 0.29) is 30.0 Å². The molecule has 3 aliphatic heterocycles. The molecule has 0 aromatic heterocycles. The summed E-state index contributed by atoms with van der Waals surface area (Å²) >= 11 is 0. The molecule has 234 valence electrons. The molecular weight excluding hydrogens is 540 g/mol. The maximum atomic E-state index is 12.7. The number of hydrogen-bond acceptors (Lipinski definition) is 5. The van der Waals surface area contributed by atoms with E-state index in [1.807, 2.05) is 49.6 Å². The maximum Gasteiger partial charge on any atom is 0.317 e. The molecule has 1 amide bonds. The number of hydrogen-bond donors (Lipinski definition) is 1. The van der Waals surface area contributed by atoms with Crippen molar-refractivity contribution < 1.29 is 28.2 Å². The molecule has 0 aliphatic carbocycles. The third-order valence-corrected chi connectivity index (χ3v) is 7.84. The lowest BCUT2D eigenvalue weighted by atomic mass is 10.1. The van der Waals surface area contributed by atoms with Crippen LogP contribution in [0.4, 0.5) is 8.78 Å². The number of piperazine rings is 1. The van der Waals surface area contributed by atoms with Gasteiger partial charge in [0.15, 0.2) is 0 Å². The summed E-state index contributed by atoms with van der Waals surface area (Å²) in [7, 11) is 0. The number of carbonyl (C=O) groups excluding carboxylic acids is 1. The van der Waals surface area contributed by atoms with Crippen molar-refractivity contribution >= 4 is 11.9 Å². The number of benzene rings is 2. The van der Waals surface area contributed by atoms with Crippen LogP contribution in [0.25, 0.3) is 0 Å². The number of carbonyl (C=O) groups is 2. The van der Waals surface area contributed by atoms with Crippen LogP contribution in [0.5, 0.6) is 0 Å². The predicted molar refractivity (Wildman–Crippen MR) is 163 cm³/mol. The zero-order valence-electron chi connectivity index (χ0n) is 26.0. The Morgan fingerprint density at radius 3 is 2.07 bits per heavy atom. The Kier molecular flexibility index (Phi) is 15.7.